The van der Waals surface area contributed by atoms with Crippen molar-refractivity contribution in [3.05, 3.63) is 0 Å². The van der Waals surface area contributed by atoms with Crippen molar-refractivity contribution in [3.8, 4) is 0 Å². The number of esters is 2. The zero-order valence-electron chi connectivity index (χ0n) is 14.2. The molecule has 0 heterocycles. The molecule has 0 unspecified atom stereocenters. The van der Waals surface area contributed by atoms with Gasteiger partial charge in [0.05, 0.1) is 31.8 Å². The molecular weight excluding hydrogens is 322 g/mol. The number of aliphatic hydroxyl groups excluding tert-OH is 2. The number of carbonyl (C=O) groups excluding carboxylic acids is 2. The van der Waals surface area contributed by atoms with Crippen LogP contribution in [0.15, 0.2) is 0 Å². The van der Waals surface area contributed by atoms with E-state index < -0.39 is 23.3 Å². The van der Waals surface area contributed by atoms with Crippen LogP contribution in [0.2, 0.25) is 0 Å². The van der Waals surface area contributed by atoms with Gasteiger partial charge < -0.3 is 24.8 Å². The standard InChI is InChI=1S/C15H27NO8/c1-12(19)23-9-3-15(14(21)22,4-10-24-13(2)20)11-16(5-7-17)6-8-18/h17-18H,3-11H2,1-2H3,(H,21,22). The summed E-state index contributed by atoms with van der Waals surface area (Å²) in [6.45, 7) is 2.30. The number of hydrogen-bond acceptors (Lipinski definition) is 8. The summed E-state index contributed by atoms with van der Waals surface area (Å²) in [5, 5.41) is 27.9. The van der Waals surface area contributed by atoms with Gasteiger partial charge in [0, 0.05) is 33.5 Å². The molecule has 0 aromatic rings. The number of rotatable bonds is 13. The van der Waals surface area contributed by atoms with E-state index in [9.17, 15) is 19.5 Å². The molecule has 0 amide bonds. The lowest BCUT2D eigenvalue weighted by Crippen LogP contribution is -2.46. The summed E-state index contributed by atoms with van der Waals surface area (Å²) < 4.78 is 9.70. The van der Waals surface area contributed by atoms with Crippen molar-refractivity contribution < 1.29 is 39.2 Å². The average Bonchev–Trinajstić information content (AvgIpc) is 2.46. The highest BCUT2D eigenvalue weighted by molar-refractivity contribution is 5.75. The van der Waals surface area contributed by atoms with Crippen molar-refractivity contribution in [2.24, 2.45) is 5.41 Å². The average molecular weight is 349 g/mol. The number of ether oxygens (including phenoxy) is 2. The van der Waals surface area contributed by atoms with Gasteiger partial charge in [0.2, 0.25) is 0 Å². The van der Waals surface area contributed by atoms with Crippen LogP contribution in [-0.2, 0) is 23.9 Å². The highest BCUT2D eigenvalue weighted by Gasteiger charge is 2.40. The molecular formula is C15H27NO8. The van der Waals surface area contributed by atoms with E-state index in [4.69, 9.17) is 19.7 Å². The van der Waals surface area contributed by atoms with Crippen molar-refractivity contribution in [2.45, 2.75) is 26.7 Å². The van der Waals surface area contributed by atoms with Crippen molar-refractivity contribution in [2.75, 3.05) is 46.1 Å². The van der Waals surface area contributed by atoms with E-state index in [2.05, 4.69) is 0 Å². The van der Waals surface area contributed by atoms with Crippen LogP contribution >= 0.6 is 0 Å². The molecule has 0 atom stereocenters. The molecule has 0 radical (unpaired) electrons. The number of nitrogens with zero attached hydrogens (tertiary/aromatic N) is 1. The maximum Gasteiger partial charge on any atom is 0.311 e. The van der Waals surface area contributed by atoms with Crippen LogP contribution in [0.4, 0.5) is 0 Å². The normalized spacial score (nSPS) is 11.4. The first-order chi connectivity index (χ1) is 11.3. The molecule has 0 saturated heterocycles. The van der Waals surface area contributed by atoms with Crippen LogP contribution in [0, 0.1) is 5.41 Å². The fourth-order valence-electron chi connectivity index (χ4n) is 2.33. The quantitative estimate of drug-likeness (QED) is 0.367. The SMILES string of the molecule is CC(=O)OCCC(CCOC(C)=O)(CN(CCO)CCO)C(=O)O. The molecule has 24 heavy (non-hydrogen) atoms. The Morgan fingerprint density at radius 3 is 1.62 bits per heavy atom. The number of carbonyl (C=O) groups is 3. The fraction of sp³-hybridized carbons (Fsp3) is 0.800. The first kappa shape index (κ1) is 22.3. The second-order valence-electron chi connectivity index (χ2n) is 5.49. The number of hydrogen-bond donors (Lipinski definition) is 3. The first-order valence-corrected chi connectivity index (χ1v) is 7.71. The van der Waals surface area contributed by atoms with E-state index in [0.29, 0.717) is 0 Å². The predicted octanol–water partition coefficient (Wildman–Crippen LogP) is -0.750. The summed E-state index contributed by atoms with van der Waals surface area (Å²) in [5.41, 5.74) is -1.34. The topological polar surface area (TPSA) is 134 Å². The summed E-state index contributed by atoms with van der Waals surface area (Å²) in [6, 6.07) is 0. The summed E-state index contributed by atoms with van der Waals surface area (Å²) in [4.78, 5) is 35.3. The van der Waals surface area contributed by atoms with Crippen LogP contribution in [0.1, 0.15) is 26.7 Å². The Balaban J connectivity index is 5.16. The van der Waals surface area contributed by atoms with Crippen LogP contribution in [0.5, 0.6) is 0 Å². The van der Waals surface area contributed by atoms with E-state index in [-0.39, 0.29) is 58.9 Å². The highest BCUT2D eigenvalue weighted by Crippen LogP contribution is 2.29. The second kappa shape index (κ2) is 11.8. The molecule has 0 aromatic carbocycles. The molecule has 9 heteroatoms. The van der Waals surface area contributed by atoms with E-state index in [1.54, 1.807) is 4.90 Å². The Bertz CT molecular complexity index is 386. The van der Waals surface area contributed by atoms with Gasteiger partial charge in [-0.2, -0.15) is 0 Å². The second-order valence-corrected chi connectivity index (χ2v) is 5.49. The Kier molecular flexibility index (Phi) is 10.9. The molecule has 0 aliphatic carbocycles. The molecule has 0 bridgehead atoms. The number of carboxylic acids is 1. The smallest absolute Gasteiger partial charge is 0.311 e. The third-order valence-electron chi connectivity index (χ3n) is 3.58. The van der Waals surface area contributed by atoms with E-state index in [0.717, 1.165) is 0 Å². The van der Waals surface area contributed by atoms with Crippen molar-refractivity contribution in [3.63, 3.8) is 0 Å². The van der Waals surface area contributed by atoms with Gasteiger partial charge in [-0.3, -0.25) is 19.3 Å². The zero-order chi connectivity index (χ0) is 18.6. The van der Waals surface area contributed by atoms with E-state index >= 15 is 0 Å². The van der Waals surface area contributed by atoms with Gasteiger partial charge in [-0.15, -0.1) is 0 Å². The molecule has 0 fully saturated rings. The minimum Gasteiger partial charge on any atom is -0.481 e. The maximum atomic E-state index is 11.9. The van der Waals surface area contributed by atoms with Crippen LogP contribution < -0.4 is 0 Å². The molecule has 0 rings (SSSR count). The molecule has 3 N–H and O–H groups in total. The van der Waals surface area contributed by atoms with Crippen LogP contribution in [0.3, 0.4) is 0 Å². The van der Waals surface area contributed by atoms with Gasteiger partial charge in [-0.05, 0) is 12.8 Å². The number of aliphatic hydroxyl groups is 2. The Labute approximate surface area is 141 Å². The first-order valence-electron chi connectivity index (χ1n) is 7.71. The molecule has 0 aliphatic rings. The van der Waals surface area contributed by atoms with Crippen molar-refractivity contribution in [1.82, 2.24) is 4.90 Å². The largest absolute Gasteiger partial charge is 0.481 e. The van der Waals surface area contributed by atoms with E-state index in [1.807, 2.05) is 0 Å². The monoisotopic (exact) mass is 349 g/mol. The lowest BCUT2D eigenvalue weighted by atomic mass is 9.80. The van der Waals surface area contributed by atoms with Crippen molar-refractivity contribution >= 4 is 17.9 Å². The van der Waals surface area contributed by atoms with Crippen LogP contribution in [0.25, 0.3) is 0 Å². The van der Waals surface area contributed by atoms with Gasteiger partial charge in [-0.25, -0.2) is 0 Å². The summed E-state index contributed by atoms with van der Waals surface area (Å²) in [6.07, 6.45) is 0.0487. The Hall–Kier alpha value is -1.71. The van der Waals surface area contributed by atoms with Crippen molar-refractivity contribution in [1.29, 1.82) is 0 Å². The minimum absolute atomic E-state index is 0.0198. The lowest BCUT2D eigenvalue weighted by Gasteiger charge is -2.34. The van der Waals surface area contributed by atoms with Gasteiger partial charge in [0.1, 0.15) is 0 Å². The molecule has 0 aromatic heterocycles. The molecule has 9 nitrogen and oxygen atoms in total. The lowest BCUT2D eigenvalue weighted by molar-refractivity contribution is -0.157. The van der Waals surface area contributed by atoms with Gasteiger partial charge in [-0.1, -0.05) is 0 Å². The van der Waals surface area contributed by atoms with Gasteiger partial charge in [0.15, 0.2) is 0 Å². The summed E-state index contributed by atoms with van der Waals surface area (Å²) in [5.74, 6) is -2.16. The highest BCUT2D eigenvalue weighted by atomic mass is 16.5. The van der Waals surface area contributed by atoms with E-state index in [1.165, 1.54) is 13.8 Å². The summed E-state index contributed by atoms with van der Waals surface area (Å²) in [7, 11) is 0. The van der Waals surface area contributed by atoms with Gasteiger partial charge >= 0.3 is 17.9 Å². The molecule has 0 aliphatic heterocycles. The van der Waals surface area contributed by atoms with Gasteiger partial charge in [0.25, 0.3) is 0 Å². The Morgan fingerprint density at radius 2 is 1.33 bits per heavy atom. The number of aliphatic carboxylic acids is 1. The number of carboxylic acid groups (broad SMARTS) is 1. The molecule has 0 saturated carbocycles. The third-order valence-corrected chi connectivity index (χ3v) is 3.58. The zero-order valence-corrected chi connectivity index (χ0v) is 14.2. The maximum absolute atomic E-state index is 11.9. The Morgan fingerprint density at radius 1 is 0.917 bits per heavy atom. The molecule has 140 valence electrons. The fourth-order valence-corrected chi connectivity index (χ4v) is 2.33. The van der Waals surface area contributed by atoms with Crippen LogP contribution in [-0.4, -0.2) is 84.2 Å². The third kappa shape index (κ3) is 8.80. The predicted molar refractivity (Wildman–Crippen MR) is 83.2 cm³/mol. The molecule has 0 spiro atoms. The summed E-state index contributed by atoms with van der Waals surface area (Å²) >= 11 is 0. The minimum atomic E-state index is -1.34.